The van der Waals surface area contributed by atoms with Crippen molar-refractivity contribution in [2.75, 3.05) is 5.32 Å². The van der Waals surface area contributed by atoms with E-state index < -0.39 is 0 Å². The third kappa shape index (κ3) is 2.95. The van der Waals surface area contributed by atoms with E-state index in [9.17, 15) is 0 Å². The topological polar surface area (TPSA) is 72.5 Å². The molecule has 0 aliphatic heterocycles. The number of nitrogens with one attached hydrogen (secondary N) is 1. The first-order valence-corrected chi connectivity index (χ1v) is 7.40. The van der Waals surface area contributed by atoms with E-state index in [1.807, 2.05) is 29.6 Å². The molecule has 22 heavy (non-hydrogen) atoms. The quantitative estimate of drug-likeness (QED) is 0.783. The van der Waals surface area contributed by atoms with Crippen LogP contribution in [0.25, 0.3) is 11.3 Å². The number of thiazole rings is 1. The van der Waals surface area contributed by atoms with Gasteiger partial charge in [0.2, 0.25) is 0 Å². The van der Waals surface area contributed by atoms with Crippen LogP contribution in [0.1, 0.15) is 11.1 Å². The fourth-order valence-electron chi connectivity index (χ4n) is 1.93. The zero-order chi connectivity index (χ0) is 15.4. The lowest BCUT2D eigenvalue weighted by atomic mass is 10.1. The van der Waals surface area contributed by atoms with Crippen LogP contribution in [0.15, 0.2) is 53.9 Å². The van der Waals surface area contributed by atoms with Crippen molar-refractivity contribution in [3.63, 3.8) is 0 Å². The smallest absolute Gasteiger partial charge is 0.187 e. The van der Waals surface area contributed by atoms with Gasteiger partial charge in [0.25, 0.3) is 0 Å². The Labute approximate surface area is 131 Å². The molecule has 0 fully saturated rings. The second-order valence-electron chi connectivity index (χ2n) is 4.54. The zero-order valence-corrected chi connectivity index (χ0v) is 12.3. The molecule has 3 rings (SSSR count). The molecule has 0 spiro atoms. The SMILES string of the molecule is N#Cc1ccc(Nc2nc(-c3ccc(C#N)cc3)cs2)cc1. The first-order chi connectivity index (χ1) is 10.8. The summed E-state index contributed by atoms with van der Waals surface area (Å²) >= 11 is 1.51. The van der Waals surface area contributed by atoms with Crippen LogP contribution in [0, 0.1) is 22.7 Å². The van der Waals surface area contributed by atoms with Gasteiger partial charge in [-0.3, -0.25) is 0 Å². The van der Waals surface area contributed by atoms with Gasteiger partial charge < -0.3 is 5.32 Å². The molecule has 0 aliphatic carbocycles. The van der Waals surface area contributed by atoms with E-state index >= 15 is 0 Å². The largest absolute Gasteiger partial charge is 0.332 e. The highest BCUT2D eigenvalue weighted by atomic mass is 32.1. The molecule has 0 amide bonds. The first kappa shape index (κ1) is 13.8. The van der Waals surface area contributed by atoms with Crippen molar-refractivity contribution in [2.24, 2.45) is 0 Å². The van der Waals surface area contributed by atoms with E-state index in [1.165, 1.54) is 11.3 Å². The van der Waals surface area contributed by atoms with Gasteiger partial charge in [-0.25, -0.2) is 4.98 Å². The number of anilines is 2. The molecule has 1 heterocycles. The standard InChI is InChI=1S/C17H10N4S/c18-9-12-1-5-14(6-2-12)16-11-22-17(21-16)20-15-7-3-13(10-19)4-8-15/h1-8,11H,(H,20,21). The van der Waals surface area contributed by atoms with Gasteiger partial charge in [0.15, 0.2) is 5.13 Å². The Hall–Kier alpha value is -3.15. The molecule has 104 valence electrons. The average molecular weight is 302 g/mol. The molecule has 0 atom stereocenters. The van der Waals surface area contributed by atoms with Gasteiger partial charge >= 0.3 is 0 Å². The minimum Gasteiger partial charge on any atom is -0.332 e. The predicted octanol–water partition coefficient (Wildman–Crippen LogP) is 4.30. The number of nitrogens with zero attached hydrogens (tertiary/aromatic N) is 3. The van der Waals surface area contributed by atoms with Crippen molar-refractivity contribution >= 4 is 22.2 Å². The molecule has 5 heteroatoms. The minimum absolute atomic E-state index is 0.628. The highest BCUT2D eigenvalue weighted by Gasteiger charge is 2.05. The van der Waals surface area contributed by atoms with Gasteiger partial charge in [0.1, 0.15) is 0 Å². The fourth-order valence-corrected chi connectivity index (χ4v) is 2.67. The van der Waals surface area contributed by atoms with Gasteiger partial charge in [-0.1, -0.05) is 12.1 Å². The molecule has 0 unspecified atom stereocenters. The molecule has 0 saturated heterocycles. The van der Waals surface area contributed by atoms with E-state index in [1.54, 1.807) is 24.3 Å². The summed E-state index contributed by atoms with van der Waals surface area (Å²) in [6.45, 7) is 0. The first-order valence-electron chi connectivity index (χ1n) is 6.52. The maximum Gasteiger partial charge on any atom is 0.187 e. The summed E-state index contributed by atoms with van der Waals surface area (Å²) in [5.74, 6) is 0. The lowest BCUT2D eigenvalue weighted by Gasteiger charge is -2.02. The lowest BCUT2D eigenvalue weighted by molar-refractivity contribution is 1.38. The van der Waals surface area contributed by atoms with E-state index in [0.29, 0.717) is 11.1 Å². The van der Waals surface area contributed by atoms with Gasteiger partial charge in [-0.2, -0.15) is 10.5 Å². The Morgan fingerprint density at radius 3 is 2.05 bits per heavy atom. The van der Waals surface area contributed by atoms with Crippen LogP contribution < -0.4 is 5.32 Å². The molecule has 1 N–H and O–H groups in total. The fraction of sp³-hybridized carbons (Fsp3) is 0. The van der Waals surface area contributed by atoms with Crippen LogP contribution in [0.2, 0.25) is 0 Å². The zero-order valence-electron chi connectivity index (χ0n) is 11.4. The van der Waals surface area contributed by atoms with E-state index in [2.05, 4.69) is 22.4 Å². The lowest BCUT2D eigenvalue weighted by Crippen LogP contribution is -1.89. The summed E-state index contributed by atoms with van der Waals surface area (Å²) in [6, 6.07) is 18.7. The van der Waals surface area contributed by atoms with Crippen LogP contribution >= 0.6 is 11.3 Å². The molecule has 3 aromatic rings. The maximum atomic E-state index is 8.81. The highest BCUT2D eigenvalue weighted by molar-refractivity contribution is 7.14. The monoisotopic (exact) mass is 302 g/mol. The third-order valence-corrected chi connectivity index (χ3v) is 3.84. The van der Waals surface area contributed by atoms with E-state index in [0.717, 1.165) is 22.1 Å². The summed E-state index contributed by atoms with van der Waals surface area (Å²) in [5.41, 5.74) is 3.99. The van der Waals surface area contributed by atoms with Gasteiger partial charge in [0.05, 0.1) is 29.0 Å². The number of hydrogen-bond acceptors (Lipinski definition) is 5. The van der Waals surface area contributed by atoms with E-state index in [4.69, 9.17) is 10.5 Å². The molecule has 0 bridgehead atoms. The van der Waals surface area contributed by atoms with Crippen LogP contribution in [0.3, 0.4) is 0 Å². The minimum atomic E-state index is 0.628. The van der Waals surface area contributed by atoms with Gasteiger partial charge in [-0.15, -0.1) is 11.3 Å². The molecule has 1 aromatic heterocycles. The summed E-state index contributed by atoms with van der Waals surface area (Å²) in [5, 5.41) is 23.6. The number of benzene rings is 2. The second-order valence-corrected chi connectivity index (χ2v) is 5.40. The van der Waals surface area contributed by atoms with Crippen molar-refractivity contribution < 1.29 is 0 Å². The Kier molecular flexibility index (Phi) is 3.82. The van der Waals surface area contributed by atoms with Crippen LogP contribution in [-0.2, 0) is 0 Å². The number of nitriles is 2. The molecule has 0 radical (unpaired) electrons. The number of aromatic nitrogens is 1. The van der Waals surface area contributed by atoms with Gasteiger partial charge in [-0.05, 0) is 36.4 Å². The highest BCUT2D eigenvalue weighted by Crippen LogP contribution is 2.27. The molecular weight excluding hydrogens is 292 g/mol. The Balaban J connectivity index is 1.78. The third-order valence-electron chi connectivity index (χ3n) is 3.08. The van der Waals surface area contributed by atoms with Crippen molar-refractivity contribution in [1.29, 1.82) is 10.5 Å². The van der Waals surface area contributed by atoms with Crippen molar-refractivity contribution in [3.05, 3.63) is 65.0 Å². The Morgan fingerprint density at radius 2 is 1.45 bits per heavy atom. The summed E-state index contributed by atoms with van der Waals surface area (Å²) in [4.78, 5) is 4.53. The van der Waals surface area contributed by atoms with E-state index in [-0.39, 0.29) is 0 Å². The molecule has 4 nitrogen and oxygen atoms in total. The van der Waals surface area contributed by atoms with Crippen LogP contribution in [0.5, 0.6) is 0 Å². The molecule has 0 saturated carbocycles. The maximum absolute atomic E-state index is 8.81. The van der Waals surface area contributed by atoms with Gasteiger partial charge in [0, 0.05) is 16.6 Å². The van der Waals surface area contributed by atoms with Crippen molar-refractivity contribution in [3.8, 4) is 23.4 Å². The van der Waals surface area contributed by atoms with Crippen molar-refractivity contribution in [2.45, 2.75) is 0 Å². The normalized spacial score (nSPS) is 9.73. The predicted molar refractivity (Wildman–Crippen MR) is 86.7 cm³/mol. The molecule has 0 aliphatic rings. The summed E-state index contributed by atoms with van der Waals surface area (Å²) < 4.78 is 0. The summed E-state index contributed by atoms with van der Waals surface area (Å²) in [7, 11) is 0. The number of hydrogen-bond donors (Lipinski definition) is 1. The number of rotatable bonds is 3. The summed E-state index contributed by atoms with van der Waals surface area (Å²) in [6.07, 6.45) is 0. The second kappa shape index (κ2) is 6.09. The molecular formula is C17H10N4S. The van der Waals surface area contributed by atoms with Crippen LogP contribution in [-0.4, -0.2) is 4.98 Å². The Morgan fingerprint density at radius 1 is 0.864 bits per heavy atom. The molecule has 2 aromatic carbocycles. The Bertz CT molecular complexity index is 865. The average Bonchev–Trinajstić information content (AvgIpc) is 3.04. The van der Waals surface area contributed by atoms with Crippen molar-refractivity contribution in [1.82, 2.24) is 4.98 Å². The van der Waals surface area contributed by atoms with Crippen LogP contribution in [0.4, 0.5) is 10.8 Å².